The van der Waals surface area contributed by atoms with Gasteiger partial charge in [-0.05, 0) is 19.3 Å². The molecule has 100 valence electrons. The number of hydrogen-bond donors (Lipinski definition) is 1. The zero-order valence-electron chi connectivity index (χ0n) is 10.3. The standard InChI is InChI=1S/C13H18O5/c1-8(12(14)15)13(2-9-5-16-9,3-10-6-17-10)4-11-7-18-11/h9-11H,1-7H2,(H,14,15). The summed E-state index contributed by atoms with van der Waals surface area (Å²) in [5.74, 6) is -0.919. The highest BCUT2D eigenvalue weighted by atomic mass is 16.6. The molecule has 3 heterocycles. The Balaban J connectivity index is 1.78. The van der Waals surface area contributed by atoms with E-state index >= 15 is 0 Å². The Kier molecular flexibility index (Phi) is 2.92. The van der Waals surface area contributed by atoms with Gasteiger partial charge in [0.2, 0.25) is 0 Å². The van der Waals surface area contributed by atoms with Crippen molar-refractivity contribution in [1.29, 1.82) is 0 Å². The van der Waals surface area contributed by atoms with Crippen molar-refractivity contribution < 1.29 is 24.1 Å². The molecule has 3 rings (SSSR count). The number of epoxide rings is 3. The summed E-state index contributed by atoms with van der Waals surface area (Å²) in [6.45, 7) is 5.99. The first-order valence-corrected chi connectivity index (χ1v) is 6.36. The number of carboxylic acid groups (broad SMARTS) is 1. The molecule has 3 atom stereocenters. The van der Waals surface area contributed by atoms with E-state index in [9.17, 15) is 9.90 Å². The zero-order valence-corrected chi connectivity index (χ0v) is 10.3. The average molecular weight is 254 g/mol. The highest BCUT2D eigenvalue weighted by Gasteiger charge is 2.49. The molecule has 0 aromatic rings. The van der Waals surface area contributed by atoms with Crippen molar-refractivity contribution in [1.82, 2.24) is 0 Å². The van der Waals surface area contributed by atoms with Gasteiger partial charge in [-0.1, -0.05) is 6.58 Å². The van der Waals surface area contributed by atoms with Crippen molar-refractivity contribution in [3.8, 4) is 0 Å². The van der Waals surface area contributed by atoms with Crippen LogP contribution in [0.3, 0.4) is 0 Å². The predicted octanol–water partition coefficient (Wildman–Crippen LogP) is 0.980. The van der Waals surface area contributed by atoms with Crippen molar-refractivity contribution in [3.63, 3.8) is 0 Å². The molecule has 0 bridgehead atoms. The Morgan fingerprint density at radius 1 is 1.06 bits per heavy atom. The Labute approximate surface area is 106 Å². The molecule has 3 aliphatic rings. The van der Waals surface area contributed by atoms with Gasteiger partial charge in [0.05, 0.1) is 38.1 Å². The maximum Gasteiger partial charge on any atom is 0.331 e. The van der Waals surface area contributed by atoms with Crippen molar-refractivity contribution >= 4 is 5.97 Å². The lowest BCUT2D eigenvalue weighted by molar-refractivity contribution is -0.134. The number of ether oxygens (including phenoxy) is 3. The number of aliphatic carboxylic acids is 1. The molecule has 0 aromatic carbocycles. The first-order valence-electron chi connectivity index (χ1n) is 6.36. The molecule has 3 aliphatic heterocycles. The van der Waals surface area contributed by atoms with Gasteiger partial charge in [-0.25, -0.2) is 4.79 Å². The van der Waals surface area contributed by atoms with E-state index in [1.54, 1.807) is 0 Å². The fourth-order valence-corrected chi connectivity index (χ4v) is 2.71. The normalized spacial score (nSPS) is 35.7. The minimum Gasteiger partial charge on any atom is -0.478 e. The van der Waals surface area contributed by atoms with Crippen LogP contribution in [0.25, 0.3) is 0 Å². The summed E-state index contributed by atoms with van der Waals surface area (Å²) in [5, 5.41) is 9.30. The molecule has 5 nitrogen and oxygen atoms in total. The first-order chi connectivity index (χ1) is 8.59. The van der Waals surface area contributed by atoms with Crippen LogP contribution in [0.4, 0.5) is 0 Å². The van der Waals surface area contributed by atoms with E-state index in [2.05, 4.69) is 6.58 Å². The lowest BCUT2D eigenvalue weighted by Gasteiger charge is -2.33. The monoisotopic (exact) mass is 254 g/mol. The van der Waals surface area contributed by atoms with E-state index in [0.29, 0.717) is 0 Å². The SMILES string of the molecule is C=C(C(=O)O)C(CC1CO1)(CC1CO1)CC1CO1. The summed E-state index contributed by atoms with van der Waals surface area (Å²) in [5.41, 5.74) is -0.154. The average Bonchev–Trinajstić information content (AvgIpc) is 3.09. The van der Waals surface area contributed by atoms with E-state index < -0.39 is 11.4 Å². The first kappa shape index (κ1) is 12.1. The van der Waals surface area contributed by atoms with Gasteiger partial charge >= 0.3 is 5.97 Å². The summed E-state index contributed by atoms with van der Waals surface area (Å²) in [6.07, 6.45) is 2.70. The smallest absolute Gasteiger partial charge is 0.331 e. The van der Waals surface area contributed by atoms with E-state index in [1.807, 2.05) is 0 Å². The van der Waals surface area contributed by atoms with Crippen LogP contribution in [0, 0.1) is 5.41 Å². The zero-order chi connectivity index (χ0) is 12.8. The van der Waals surface area contributed by atoms with Crippen LogP contribution in [0.1, 0.15) is 19.3 Å². The molecule has 0 aromatic heterocycles. The quantitative estimate of drug-likeness (QED) is 0.516. The minimum atomic E-state index is -0.919. The van der Waals surface area contributed by atoms with Crippen LogP contribution in [0.2, 0.25) is 0 Å². The van der Waals surface area contributed by atoms with Crippen molar-refractivity contribution in [2.24, 2.45) is 5.41 Å². The predicted molar refractivity (Wildman–Crippen MR) is 62.3 cm³/mol. The largest absolute Gasteiger partial charge is 0.478 e. The summed E-state index contributed by atoms with van der Waals surface area (Å²) in [7, 11) is 0. The third kappa shape index (κ3) is 2.74. The Morgan fingerprint density at radius 2 is 1.39 bits per heavy atom. The summed E-state index contributed by atoms with van der Waals surface area (Å²) in [6, 6.07) is 0. The van der Waals surface area contributed by atoms with Crippen molar-refractivity contribution in [3.05, 3.63) is 12.2 Å². The molecule has 0 aliphatic carbocycles. The highest BCUT2D eigenvalue weighted by molar-refractivity contribution is 5.87. The van der Waals surface area contributed by atoms with Crippen LogP contribution in [-0.4, -0.2) is 49.2 Å². The molecule has 3 fully saturated rings. The van der Waals surface area contributed by atoms with Gasteiger partial charge in [0, 0.05) is 11.0 Å². The van der Waals surface area contributed by atoms with Gasteiger partial charge in [-0.15, -0.1) is 0 Å². The molecular weight excluding hydrogens is 236 g/mol. The Hall–Kier alpha value is -0.910. The molecule has 0 saturated carbocycles. The highest BCUT2D eigenvalue weighted by Crippen LogP contribution is 2.48. The van der Waals surface area contributed by atoms with E-state index in [0.717, 1.165) is 39.1 Å². The number of carboxylic acids is 1. The van der Waals surface area contributed by atoms with E-state index in [-0.39, 0.29) is 23.9 Å². The van der Waals surface area contributed by atoms with Crippen molar-refractivity contribution in [2.75, 3.05) is 19.8 Å². The lowest BCUT2D eigenvalue weighted by Crippen LogP contribution is -2.32. The van der Waals surface area contributed by atoms with E-state index in [4.69, 9.17) is 14.2 Å². The molecule has 0 amide bonds. The van der Waals surface area contributed by atoms with Crippen LogP contribution >= 0.6 is 0 Å². The summed E-state index contributed by atoms with van der Waals surface area (Å²) in [4.78, 5) is 11.3. The van der Waals surface area contributed by atoms with Gasteiger partial charge in [0.15, 0.2) is 0 Å². The van der Waals surface area contributed by atoms with Crippen LogP contribution in [0.5, 0.6) is 0 Å². The Bertz CT molecular complexity index is 330. The second-order valence-corrected chi connectivity index (χ2v) is 5.54. The second kappa shape index (κ2) is 4.33. The van der Waals surface area contributed by atoms with Crippen LogP contribution in [0.15, 0.2) is 12.2 Å². The summed E-state index contributed by atoms with van der Waals surface area (Å²) < 4.78 is 15.8. The second-order valence-electron chi connectivity index (χ2n) is 5.54. The molecule has 5 heteroatoms. The molecule has 1 N–H and O–H groups in total. The third-order valence-corrected chi connectivity index (χ3v) is 3.96. The number of hydrogen-bond acceptors (Lipinski definition) is 4. The topological polar surface area (TPSA) is 74.9 Å². The fraction of sp³-hybridized carbons (Fsp3) is 0.769. The van der Waals surface area contributed by atoms with Gasteiger partial charge in [0.25, 0.3) is 0 Å². The molecule has 3 saturated heterocycles. The number of carbonyl (C=O) groups is 1. The van der Waals surface area contributed by atoms with Gasteiger partial charge in [0.1, 0.15) is 0 Å². The van der Waals surface area contributed by atoms with E-state index in [1.165, 1.54) is 0 Å². The molecule has 0 radical (unpaired) electrons. The van der Waals surface area contributed by atoms with Crippen LogP contribution < -0.4 is 0 Å². The lowest BCUT2D eigenvalue weighted by atomic mass is 9.70. The van der Waals surface area contributed by atoms with Gasteiger partial charge in [-0.3, -0.25) is 0 Å². The number of rotatable bonds is 8. The molecule has 0 spiro atoms. The molecular formula is C13H18O5. The summed E-state index contributed by atoms with van der Waals surface area (Å²) >= 11 is 0. The maximum atomic E-state index is 11.3. The molecule has 3 unspecified atom stereocenters. The minimum absolute atomic E-state index is 0.179. The third-order valence-electron chi connectivity index (χ3n) is 3.96. The van der Waals surface area contributed by atoms with Gasteiger partial charge < -0.3 is 19.3 Å². The fourth-order valence-electron chi connectivity index (χ4n) is 2.71. The maximum absolute atomic E-state index is 11.3. The van der Waals surface area contributed by atoms with Crippen molar-refractivity contribution in [2.45, 2.75) is 37.6 Å². The van der Waals surface area contributed by atoms with Gasteiger partial charge in [-0.2, -0.15) is 0 Å². The molecule has 18 heavy (non-hydrogen) atoms. The Morgan fingerprint density at radius 3 is 1.61 bits per heavy atom. The van der Waals surface area contributed by atoms with Crippen LogP contribution in [-0.2, 0) is 19.0 Å².